The Balaban J connectivity index is 1.79. The zero-order valence-electron chi connectivity index (χ0n) is 15.7. The molecule has 1 saturated heterocycles. The molecule has 2 amide bonds. The second-order valence-electron chi connectivity index (χ2n) is 6.05. The third kappa shape index (κ3) is 5.52. The summed E-state index contributed by atoms with van der Waals surface area (Å²) < 4.78 is 15.5. The zero-order valence-corrected chi connectivity index (χ0v) is 15.7. The number of amides is 2. The Bertz CT molecular complexity index is 615. The van der Waals surface area contributed by atoms with E-state index in [1.54, 1.807) is 44.2 Å². The minimum Gasteiger partial charge on any atom is -0.497 e. The average molecular weight is 366 g/mol. The van der Waals surface area contributed by atoms with E-state index in [2.05, 4.69) is 5.32 Å². The molecule has 1 aliphatic rings. The van der Waals surface area contributed by atoms with Crippen molar-refractivity contribution in [2.75, 3.05) is 58.9 Å². The molecule has 1 aromatic carbocycles. The van der Waals surface area contributed by atoms with Crippen LogP contribution in [0.15, 0.2) is 18.2 Å². The highest BCUT2D eigenvalue weighted by Crippen LogP contribution is 2.28. The minimum absolute atomic E-state index is 0.0723. The Labute approximate surface area is 154 Å². The molecule has 144 valence electrons. The summed E-state index contributed by atoms with van der Waals surface area (Å²) in [7, 11) is 3.14. The maximum Gasteiger partial charge on any atom is 0.410 e. The number of nitrogens with zero attached hydrogens (tertiary/aromatic N) is 1. The van der Waals surface area contributed by atoms with Crippen molar-refractivity contribution in [2.45, 2.75) is 13.3 Å². The van der Waals surface area contributed by atoms with Crippen molar-refractivity contribution in [3.8, 4) is 11.5 Å². The first kappa shape index (κ1) is 19.8. The molecular formula is C18H28N3O5+. The number of hydrogen-bond donors (Lipinski definition) is 2. The van der Waals surface area contributed by atoms with Gasteiger partial charge in [0.15, 0.2) is 0 Å². The highest BCUT2D eigenvalue weighted by molar-refractivity contribution is 5.92. The number of rotatable bonds is 7. The van der Waals surface area contributed by atoms with Crippen LogP contribution >= 0.6 is 0 Å². The fraction of sp³-hybridized carbons (Fsp3) is 0.556. The Morgan fingerprint density at radius 1 is 1.19 bits per heavy atom. The van der Waals surface area contributed by atoms with Crippen LogP contribution in [0.2, 0.25) is 0 Å². The Kier molecular flexibility index (Phi) is 7.53. The van der Waals surface area contributed by atoms with Crippen LogP contribution in [0.4, 0.5) is 10.5 Å². The summed E-state index contributed by atoms with van der Waals surface area (Å²) in [5, 5.41) is 2.88. The summed E-state index contributed by atoms with van der Waals surface area (Å²) in [6, 6.07) is 5.28. The Hall–Kier alpha value is -2.48. The lowest BCUT2D eigenvalue weighted by Gasteiger charge is -2.31. The maximum absolute atomic E-state index is 12.3. The van der Waals surface area contributed by atoms with E-state index < -0.39 is 0 Å². The van der Waals surface area contributed by atoms with Gasteiger partial charge in [-0.2, -0.15) is 0 Å². The van der Waals surface area contributed by atoms with Crippen molar-refractivity contribution >= 4 is 17.7 Å². The molecule has 0 radical (unpaired) electrons. The Morgan fingerprint density at radius 2 is 1.92 bits per heavy atom. The van der Waals surface area contributed by atoms with Gasteiger partial charge < -0.3 is 24.4 Å². The maximum atomic E-state index is 12.3. The van der Waals surface area contributed by atoms with Crippen molar-refractivity contribution in [1.82, 2.24) is 4.90 Å². The van der Waals surface area contributed by atoms with Crippen LogP contribution in [0.3, 0.4) is 0 Å². The van der Waals surface area contributed by atoms with E-state index in [1.807, 2.05) is 0 Å². The first-order chi connectivity index (χ1) is 12.6. The van der Waals surface area contributed by atoms with Crippen LogP contribution in [-0.4, -0.2) is 70.5 Å². The fourth-order valence-electron chi connectivity index (χ4n) is 2.89. The molecule has 1 fully saturated rings. The number of nitrogens with one attached hydrogen (secondary N) is 2. The zero-order chi connectivity index (χ0) is 18.9. The normalized spacial score (nSPS) is 14.7. The van der Waals surface area contributed by atoms with E-state index in [-0.39, 0.29) is 12.0 Å². The lowest BCUT2D eigenvalue weighted by molar-refractivity contribution is -0.903. The van der Waals surface area contributed by atoms with Crippen molar-refractivity contribution in [3.63, 3.8) is 0 Å². The molecule has 1 heterocycles. The molecule has 0 unspecified atom stereocenters. The topological polar surface area (TPSA) is 81.5 Å². The molecule has 1 aliphatic heterocycles. The minimum atomic E-state index is -0.255. The van der Waals surface area contributed by atoms with Crippen LogP contribution in [-0.2, 0) is 9.53 Å². The first-order valence-electron chi connectivity index (χ1n) is 8.84. The molecule has 1 aromatic rings. The van der Waals surface area contributed by atoms with Gasteiger partial charge in [-0.1, -0.05) is 0 Å². The molecule has 2 rings (SSSR count). The van der Waals surface area contributed by atoms with Crippen molar-refractivity contribution in [1.29, 1.82) is 0 Å². The van der Waals surface area contributed by atoms with E-state index in [1.165, 1.54) is 4.90 Å². The summed E-state index contributed by atoms with van der Waals surface area (Å²) in [6.45, 7) is 5.84. The van der Waals surface area contributed by atoms with Gasteiger partial charge in [-0.3, -0.25) is 9.69 Å². The summed E-state index contributed by atoms with van der Waals surface area (Å²) >= 11 is 0. The largest absolute Gasteiger partial charge is 0.497 e. The number of ether oxygens (including phenoxy) is 3. The number of quaternary nitrogens is 1. The van der Waals surface area contributed by atoms with Gasteiger partial charge >= 0.3 is 6.09 Å². The van der Waals surface area contributed by atoms with E-state index in [0.29, 0.717) is 43.3 Å². The van der Waals surface area contributed by atoms with E-state index >= 15 is 0 Å². The van der Waals surface area contributed by atoms with Crippen LogP contribution in [0.25, 0.3) is 0 Å². The summed E-state index contributed by atoms with van der Waals surface area (Å²) in [5.41, 5.74) is 0.596. The number of carbonyl (C=O) groups excluding carboxylic acids is 2. The van der Waals surface area contributed by atoms with E-state index in [0.717, 1.165) is 19.6 Å². The lowest BCUT2D eigenvalue weighted by atomic mass is 10.2. The second-order valence-corrected chi connectivity index (χ2v) is 6.05. The highest BCUT2D eigenvalue weighted by Gasteiger charge is 2.24. The number of methoxy groups -OCH3 is 2. The van der Waals surface area contributed by atoms with Gasteiger partial charge in [0.1, 0.15) is 11.5 Å². The molecular weight excluding hydrogens is 338 g/mol. The molecule has 8 nitrogen and oxygen atoms in total. The number of benzene rings is 1. The third-order valence-electron chi connectivity index (χ3n) is 4.38. The summed E-state index contributed by atoms with van der Waals surface area (Å²) in [4.78, 5) is 27.0. The van der Waals surface area contributed by atoms with Crippen LogP contribution in [0.1, 0.15) is 13.3 Å². The van der Waals surface area contributed by atoms with E-state index in [4.69, 9.17) is 14.2 Å². The smallest absolute Gasteiger partial charge is 0.410 e. The number of hydrogen-bond acceptors (Lipinski definition) is 5. The highest BCUT2D eigenvalue weighted by atomic mass is 16.6. The summed E-state index contributed by atoms with van der Waals surface area (Å²) in [6.07, 6.45) is 0.143. The Morgan fingerprint density at radius 3 is 2.54 bits per heavy atom. The predicted molar refractivity (Wildman–Crippen MR) is 97.0 cm³/mol. The molecule has 2 N–H and O–H groups in total. The fourth-order valence-corrected chi connectivity index (χ4v) is 2.89. The summed E-state index contributed by atoms with van der Waals surface area (Å²) in [5.74, 6) is 1.17. The van der Waals surface area contributed by atoms with Crippen LogP contribution < -0.4 is 19.7 Å². The van der Waals surface area contributed by atoms with Crippen molar-refractivity contribution in [2.24, 2.45) is 0 Å². The molecule has 0 bridgehead atoms. The molecule has 8 heteroatoms. The van der Waals surface area contributed by atoms with Gasteiger partial charge in [0.05, 0.1) is 65.7 Å². The third-order valence-corrected chi connectivity index (χ3v) is 4.38. The SMILES string of the molecule is CCOC(=O)N1CC[NH+](CCC(=O)Nc2cc(OC)ccc2OC)CC1. The van der Waals surface area contributed by atoms with Gasteiger partial charge in [-0.15, -0.1) is 0 Å². The molecule has 0 aromatic heterocycles. The van der Waals surface area contributed by atoms with Crippen molar-refractivity contribution < 1.29 is 28.7 Å². The first-order valence-corrected chi connectivity index (χ1v) is 8.84. The standard InChI is InChI=1S/C18H27N3O5/c1-4-26-18(23)21-11-9-20(10-12-21)8-7-17(22)19-15-13-14(24-2)5-6-16(15)25-3/h5-6,13H,4,7-12H2,1-3H3,(H,19,22)/p+1. The van der Waals surface area contributed by atoms with Crippen LogP contribution in [0, 0.1) is 0 Å². The molecule has 0 spiro atoms. The van der Waals surface area contributed by atoms with Gasteiger partial charge in [0.2, 0.25) is 5.91 Å². The van der Waals surface area contributed by atoms with Crippen molar-refractivity contribution in [3.05, 3.63) is 18.2 Å². The van der Waals surface area contributed by atoms with Crippen LogP contribution in [0.5, 0.6) is 11.5 Å². The number of carbonyl (C=O) groups is 2. The van der Waals surface area contributed by atoms with Gasteiger partial charge in [-0.25, -0.2) is 4.79 Å². The second kappa shape index (κ2) is 9.86. The quantitative estimate of drug-likeness (QED) is 0.730. The number of anilines is 1. The van der Waals surface area contributed by atoms with Gasteiger partial charge in [0, 0.05) is 6.07 Å². The van der Waals surface area contributed by atoms with Gasteiger partial charge in [-0.05, 0) is 19.1 Å². The molecule has 0 atom stereocenters. The van der Waals surface area contributed by atoms with E-state index in [9.17, 15) is 9.59 Å². The number of piperazine rings is 1. The lowest BCUT2D eigenvalue weighted by Crippen LogP contribution is -3.15. The average Bonchev–Trinajstić information content (AvgIpc) is 2.67. The molecule has 0 saturated carbocycles. The van der Waals surface area contributed by atoms with Gasteiger partial charge in [0.25, 0.3) is 0 Å². The predicted octanol–water partition coefficient (Wildman–Crippen LogP) is 0.389. The molecule has 26 heavy (non-hydrogen) atoms. The molecule has 0 aliphatic carbocycles. The monoisotopic (exact) mass is 366 g/mol.